The Labute approximate surface area is 165 Å². The van der Waals surface area contributed by atoms with E-state index < -0.39 is 11.5 Å². The Morgan fingerprint density at radius 3 is 2.89 bits per heavy atom. The highest BCUT2D eigenvalue weighted by molar-refractivity contribution is 5.93. The predicted molar refractivity (Wildman–Crippen MR) is 103 cm³/mol. The van der Waals surface area contributed by atoms with Crippen LogP contribution in [0.5, 0.6) is 5.75 Å². The molecule has 4 atom stereocenters. The van der Waals surface area contributed by atoms with Crippen LogP contribution in [0.3, 0.4) is 0 Å². The van der Waals surface area contributed by atoms with Crippen molar-refractivity contribution in [2.75, 3.05) is 26.7 Å². The molecule has 4 heterocycles. The van der Waals surface area contributed by atoms with Crippen LogP contribution in [0.25, 0.3) is 0 Å². The number of carbonyl (C=O) groups excluding carboxylic acids is 2. The topological polar surface area (TPSA) is 59.1 Å². The van der Waals surface area contributed by atoms with Gasteiger partial charge in [0, 0.05) is 19.6 Å². The van der Waals surface area contributed by atoms with Crippen molar-refractivity contribution in [3.8, 4) is 5.75 Å². The Morgan fingerprint density at radius 2 is 2.11 bits per heavy atom. The van der Waals surface area contributed by atoms with Crippen LogP contribution in [0, 0.1) is 11.8 Å². The van der Waals surface area contributed by atoms with Crippen molar-refractivity contribution in [1.29, 1.82) is 0 Å². The number of fused-ring (bicyclic) bond motifs is 1. The van der Waals surface area contributed by atoms with Crippen molar-refractivity contribution >= 4 is 11.8 Å². The van der Waals surface area contributed by atoms with Crippen molar-refractivity contribution in [3.63, 3.8) is 0 Å². The van der Waals surface area contributed by atoms with Crippen LogP contribution in [0.1, 0.15) is 24.8 Å². The molecule has 1 aromatic rings. The monoisotopic (exact) mass is 382 g/mol. The molecule has 148 valence electrons. The van der Waals surface area contributed by atoms with Crippen LogP contribution in [-0.2, 0) is 20.9 Å². The Balaban J connectivity index is 1.38. The third kappa shape index (κ3) is 2.65. The quantitative estimate of drug-likeness (QED) is 0.748. The summed E-state index contributed by atoms with van der Waals surface area (Å²) in [4.78, 5) is 30.4. The molecule has 2 amide bonds. The molecule has 4 aliphatic rings. The highest BCUT2D eigenvalue weighted by atomic mass is 16.5. The second-order valence-electron chi connectivity index (χ2n) is 8.33. The largest absolute Gasteiger partial charge is 0.497 e. The van der Waals surface area contributed by atoms with Gasteiger partial charge >= 0.3 is 0 Å². The van der Waals surface area contributed by atoms with E-state index in [9.17, 15) is 9.59 Å². The second kappa shape index (κ2) is 6.62. The third-order valence-corrected chi connectivity index (χ3v) is 6.64. The fraction of sp³-hybridized carbons (Fsp3) is 0.545. The summed E-state index contributed by atoms with van der Waals surface area (Å²) in [5.41, 5.74) is 0.373. The summed E-state index contributed by atoms with van der Waals surface area (Å²) in [7, 11) is 1.64. The molecule has 6 heteroatoms. The van der Waals surface area contributed by atoms with Gasteiger partial charge in [0.15, 0.2) is 0 Å². The molecule has 5 rings (SSSR count). The number of nitrogens with zero attached hydrogens (tertiary/aromatic N) is 2. The predicted octanol–water partition coefficient (Wildman–Crippen LogP) is 1.99. The van der Waals surface area contributed by atoms with Crippen LogP contribution < -0.4 is 4.74 Å². The van der Waals surface area contributed by atoms with Crippen LogP contribution >= 0.6 is 0 Å². The Hall–Kier alpha value is -2.34. The molecule has 1 aromatic carbocycles. The first-order valence-corrected chi connectivity index (χ1v) is 10.2. The van der Waals surface area contributed by atoms with Gasteiger partial charge in [0.1, 0.15) is 11.4 Å². The number of benzene rings is 1. The molecule has 3 saturated heterocycles. The van der Waals surface area contributed by atoms with Crippen LogP contribution in [0.2, 0.25) is 0 Å². The van der Waals surface area contributed by atoms with Gasteiger partial charge in [0.2, 0.25) is 11.8 Å². The maximum absolute atomic E-state index is 13.3. The lowest BCUT2D eigenvalue weighted by atomic mass is 9.76. The standard InChI is InChI=1S/C22H26N2O4/c1-27-16-7-5-6-15(12-16)13-24-14-22-9-8-17(28-22)18(19(22)21(24)26)20(25)23-10-3-2-4-11-23/h5-9,12,17-19H,2-4,10-11,13-14H2,1H3/t17-,18+,19+,22-/m0/s1. The van der Waals surface area contributed by atoms with E-state index in [1.807, 2.05) is 46.2 Å². The number of amides is 2. The van der Waals surface area contributed by atoms with E-state index in [-0.39, 0.29) is 23.8 Å². The molecule has 1 spiro atoms. The molecular formula is C22H26N2O4. The van der Waals surface area contributed by atoms with Gasteiger partial charge in [0.25, 0.3) is 0 Å². The van der Waals surface area contributed by atoms with E-state index in [4.69, 9.17) is 9.47 Å². The number of methoxy groups -OCH3 is 1. The van der Waals surface area contributed by atoms with Gasteiger partial charge in [-0.2, -0.15) is 0 Å². The molecule has 3 fully saturated rings. The van der Waals surface area contributed by atoms with Gasteiger partial charge in [-0.1, -0.05) is 24.3 Å². The summed E-state index contributed by atoms with van der Waals surface area (Å²) in [5, 5.41) is 0. The van der Waals surface area contributed by atoms with Crippen molar-refractivity contribution in [2.45, 2.75) is 37.5 Å². The van der Waals surface area contributed by atoms with Gasteiger partial charge in [-0.25, -0.2) is 0 Å². The molecule has 0 aromatic heterocycles. The van der Waals surface area contributed by atoms with E-state index in [2.05, 4.69) is 0 Å². The van der Waals surface area contributed by atoms with E-state index in [0.29, 0.717) is 13.1 Å². The molecule has 6 nitrogen and oxygen atoms in total. The highest BCUT2D eigenvalue weighted by Crippen LogP contribution is 2.52. The summed E-state index contributed by atoms with van der Waals surface area (Å²) in [5.74, 6) is 0.119. The Morgan fingerprint density at radius 1 is 1.29 bits per heavy atom. The van der Waals surface area contributed by atoms with E-state index >= 15 is 0 Å². The lowest BCUT2D eigenvalue weighted by molar-refractivity contribution is -0.144. The molecule has 2 bridgehead atoms. The summed E-state index contributed by atoms with van der Waals surface area (Å²) >= 11 is 0. The molecule has 0 unspecified atom stereocenters. The highest BCUT2D eigenvalue weighted by Gasteiger charge is 2.67. The smallest absolute Gasteiger partial charge is 0.230 e. The third-order valence-electron chi connectivity index (χ3n) is 6.64. The first kappa shape index (κ1) is 17.7. The number of hydrogen-bond acceptors (Lipinski definition) is 4. The number of hydrogen-bond donors (Lipinski definition) is 0. The maximum atomic E-state index is 13.3. The molecule has 0 radical (unpaired) electrons. The molecule has 4 aliphatic heterocycles. The molecular weight excluding hydrogens is 356 g/mol. The van der Waals surface area contributed by atoms with Gasteiger partial charge in [-0.05, 0) is 37.0 Å². The van der Waals surface area contributed by atoms with Crippen molar-refractivity contribution in [2.24, 2.45) is 11.8 Å². The van der Waals surface area contributed by atoms with E-state index in [0.717, 1.165) is 37.2 Å². The summed E-state index contributed by atoms with van der Waals surface area (Å²) in [6.07, 6.45) is 7.02. The summed E-state index contributed by atoms with van der Waals surface area (Å²) < 4.78 is 11.5. The lowest BCUT2D eigenvalue weighted by Crippen LogP contribution is -2.47. The molecule has 0 aliphatic carbocycles. The van der Waals surface area contributed by atoms with Gasteiger partial charge in [0.05, 0.1) is 31.6 Å². The minimum absolute atomic E-state index is 0.0324. The van der Waals surface area contributed by atoms with E-state index in [1.165, 1.54) is 6.42 Å². The average Bonchev–Trinajstić information content (AvgIpc) is 3.37. The van der Waals surface area contributed by atoms with Crippen LogP contribution in [0.4, 0.5) is 0 Å². The molecule has 28 heavy (non-hydrogen) atoms. The number of rotatable bonds is 4. The summed E-state index contributed by atoms with van der Waals surface area (Å²) in [6.45, 7) is 2.60. The second-order valence-corrected chi connectivity index (χ2v) is 8.33. The first-order valence-electron chi connectivity index (χ1n) is 10.2. The normalized spacial score (nSPS) is 33.5. The first-order chi connectivity index (χ1) is 13.6. The fourth-order valence-corrected chi connectivity index (χ4v) is 5.31. The average molecular weight is 382 g/mol. The number of piperidine rings is 1. The SMILES string of the molecule is COc1cccc(CN2C[C@]34C=C[C@H](O3)[C@@H](C(=O)N3CCCCC3)[C@@H]4C2=O)c1. The van der Waals surface area contributed by atoms with Gasteiger partial charge in [-0.15, -0.1) is 0 Å². The number of carbonyl (C=O) groups is 2. The minimum Gasteiger partial charge on any atom is -0.497 e. The molecule has 0 saturated carbocycles. The lowest BCUT2D eigenvalue weighted by Gasteiger charge is -2.32. The number of likely N-dealkylation sites (tertiary alicyclic amines) is 2. The van der Waals surface area contributed by atoms with Crippen molar-refractivity contribution in [1.82, 2.24) is 9.80 Å². The Kier molecular flexibility index (Phi) is 4.19. The zero-order valence-electron chi connectivity index (χ0n) is 16.2. The van der Waals surface area contributed by atoms with Crippen molar-refractivity contribution in [3.05, 3.63) is 42.0 Å². The fourth-order valence-electron chi connectivity index (χ4n) is 5.31. The summed E-state index contributed by atoms with van der Waals surface area (Å²) in [6, 6.07) is 7.76. The van der Waals surface area contributed by atoms with Gasteiger partial charge < -0.3 is 19.3 Å². The van der Waals surface area contributed by atoms with Crippen LogP contribution in [0.15, 0.2) is 36.4 Å². The van der Waals surface area contributed by atoms with Crippen LogP contribution in [-0.4, -0.2) is 60.1 Å². The minimum atomic E-state index is -0.642. The zero-order chi connectivity index (χ0) is 19.3. The molecule has 0 N–H and O–H groups in total. The zero-order valence-corrected chi connectivity index (χ0v) is 16.2. The van der Waals surface area contributed by atoms with Crippen molar-refractivity contribution < 1.29 is 19.1 Å². The Bertz CT molecular complexity index is 832. The maximum Gasteiger partial charge on any atom is 0.230 e. The van der Waals surface area contributed by atoms with E-state index in [1.54, 1.807) is 7.11 Å². The van der Waals surface area contributed by atoms with Gasteiger partial charge in [-0.3, -0.25) is 9.59 Å². The number of ether oxygens (including phenoxy) is 2.